The molecule has 1 N–H and O–H groups in total. The number of nitrogens with zero attached hydrogens (tertiary/aromatic N) is 1. The van der Waals surface area contributed by atoms with Gasteiger partial charge >= 0.3 is 0 Å². The maximum atomic E-state index is 8.79. The maximum Gasteiger partial charge on any atom is 0.0991 e. The molecule has 0 fully saturated rings. The zero-order valence-corrected chi connectivity index (χ0v) is 11.3. The van der Waals surface area contributed by atoms with E-state index in [-0.39, 0.29) is 0 Å². The lowest BCUT2D eigenvalue weighted by Crippen LogP contribution is -2.15. The lowest BCUT2D eigenvalue weighted by Gasteiger charge is -2.08. The molecular formula is C15H22N2O. The third-order valence-corrected chi connectivity index (χ3v) is 2.58. The van der Waals surface area contributed by atoms with Crippen molar-refractivity contribution in [2.24, 2.45) is 0 Å². The zero-order chi connectivity index (χ0) is 13.2. The van der Waals surface area contributed by atoms with Crippen molar-refractivity contribution in [3.05, 3.63) is 35.4 Å². The Morgan fingerprint density at radius 2 is 2.17 bits per heavy atom. The molecule has 0 atom stereocenters. The summed E-state index contributed by atoms with van der Waals surface area (Å²) in [5.74, 6) is 0. The number of benzene rings is 1. The average molecular weight is 246 g/mol. The van der Waals surface area contributed by atoms with Crippen LogP contribution in [0.1, 0.15) is 37.8 Å². The van der Waals surface area contributed by atoms with Crippen molar-refractivity contribution in [1.29, 1.82) is 5.26 Å². The van der Waals surface area contributed by atoms with Gasteiger partial charge in [-0.2, -0.15) is 5.26 Å². The molecule has 98 valence electrons. The van der Waals surface area contributed by atoms with E-state index in [1.807, 2.05) is 24.3 Å². The fraction of sp³-hybridized carbons (Fsp3) is 0.533. The Bertz CT molecular complexity index is 382. The molecule has 0 aromatic heterocycles. The Labute approximate surface area is 110 Å². The van der Waals surface area contributed by atoms with E-state index in [2.05, 4.69) is 25.2 Å². The molecule has 0 bridgehead atoms. The molecule has 0 aliphatic heterocycles. The first-order chi connectivity index (χ1) is 8.72. The van der Waals surface area contributed by atoms with Crippen LogP contribution < -0.4 is 5.32 Å². The molecule has 1 aromatic carbocycles. The molecular weight excluding hydrogens is 224 g/mol. The van der Waals surface area contributed by atoms with Crippen molar-refractivity contribution < 1.29 is 4.74 Å². The molecule has 3 nitrogen and oxygen atoms in total. The summed E-state index contributed by atoms with van der Waals surface area (Å²) in [5, 5.41) is 12.2. The largest absolute Gasteiger partial charge is 0.379 e. The number of hydrogen-bond acceptors (Lipinski definition) is 3. The molecule has 3 heteroatoms. The highest BCUT2D eigenvalue weighted by Gasteiger charge is 1.96. The molecule has 1 rings (SSSR count). The van der Waals surface area contributed by atoms with Gasteiger partial charge < -0.3 is 10.1 Å². The SMILES string of the molecule is CC(C)OCCCCNCc1cccc(C#N)c1. The van der Waals surface area contributed by atoms with Crippen molar-refractivity contribution >= 4 is 0 Å². The van der Waals surface area contributed by atoms with Crippen LogP contribution in [0.4, 0.5) is 0 Å². The fourth-order valence-electron chi connectivity index (χ4n) is 1.65. The molecule has 0 aliphatic carbocycles. The third-order valence-electron chi connectivity index (χ3n) is 2.58. The smallest absolute Gasteiger partial charge is 0.0991 e. The predicted molar refractivity (Wildman–Crippen MR) is 73.2 cm³/mol. The second kappa shape index (κ2) is 8.68. The van der Waals surface area contributed by atoms with Gasteiger partial charge in [-0.05, 0) is 50.9 Å². The van der Waals surface area contributed by atoms with E-state index in [0.717, 1.165) is 43.7 Å². The van der Waals surface area contributed by atoms with Gasteiger partial charge in [-0.3, -0.25) is 0 Å². The van der Waals surface area contributed by atoms with Crippen LogP contribution in [0.5, 0.6) is 0 Å². The first kappa shape index (κ1) is 14.7. The summed E-state index contributed by atoms with van der Waals surface area (Å²) < 4.78 is 5.47. The molecule has 0 heterocycles. The highest BCUT2D eigenvalue weighted by Crippen LogP contribution is 2.03. The van der Waals surface area contributed by atoms with E-state index in [1.54, 1.807) is 0 Å². The van der Waals surface area contributed by atoms with Crippen molar-refractivity contribution in [1.82, 2.24) is 5.32 Å². The molecule has 0 spiro atoms. The summed E-state index contributed by atoms with van der Waals surface area (Å²) in [4.78, 5) is 0. The number of nitriles is 1. The van der Waals surface area contributed by atoms with Crippen LogP contribution >= 0.6 is 0 Å². The lowest BCUT2D eigenvalue weighted by molar-refractivity contribution is 0.0760. The highest BCUT2D eigenvalue weighted by molar-refractivity contribution is 5.32. The second-order valence-electron chi connectivity index (χ2n) is 4.62. The Morgan fingerprint density at radius 1 is 1.33 bits per heavy atom. The molecule has 1 aromatic rings. The Hall–Kier alpha value is -1.37. The number of rotatable bonds is 8. The number of ether oxygens (including phenoxy) is 1. The van der Waals surface area contributed by atoms with Gasteiger partial charge in [0.2, 0.25) is 0 Å². The number of hydrogen-bond donors (Lipinski definition) is 1. The van der Waals surface area contributed by atoms with Gasteiger partial charge in [-0.1, -0.05) is 12.1 Å². The minimum Gasteiger partial charge on any atom is -0.379 e. The Balaban J connectivity index is 2.09. The van der Waals surface area contributed by atoms with E-state index >= 15 is 0 Å². The van der Waals surface area contributed by atoms with Crippen molar-refractivity contribution in [3.8, 4) is 6.07 Å². The van der Waals surface area contributed by atoms with Gasteiger partial charge in [0.25, 0.3) is 0 Å². The molecule has 0 amide bonds. The molecule has 0 unspecified atom stereocenters. The third kappa shape index (κ3) is 6.39. The molecule has 18 heavy (non-hydrogen) atoms. The summed E-state index contributed by atoms with van der Waals surface area (Å²) in [6.45, 7) is 6.75. The van der Waals surface area contributed by atoms with Crippen molar-refractivity contribution in [2.45, 2.75) is 39.3 Å². The highest BCUT2D eigenvalue weighted by atomic mass is 16.5. The Morgan fingerprint density at radius 3 is 2.89 bits per heavy atom. The van der Waals surface area contributed by atoms with Crippen LogP contribution in [0.15, 0.2) is 24.3 Å². The van der Waals surface area contributed by atoms with Gasteiger partial charge in [0.05, 0.1) is 17.7 Å². The van der Waals surface area contributed by atoms with Crippen LogP contribution in [0.3, 0.4) is 0 Å². The zero-order valence-electron chi connectivity index (χ0n) is 11.3. The quantitative estimate of drug-likeness (QED) is 0.717. The first-order valence-corrected chi connectivity index (χ1v) is 6.53. The van der Waals surface area contributed by atoms with Gasteiger partial charge in [0.1, 0.15) is 0 Å². The maximum absolute atomic E-state index is 8.79. The second-order valence-corrected chi connectivity index (χ2v) is 4.62. The number of nitrogens with one attached hydrogen (secondary N) is 1. The van der Waals surface area contributed by atoms with Gasteiger partial charge in [0, 0.05) is 13.2 Å². The van der Waals surface area contributed by atoms with Crippen molar-refractivity contribution in [3.63, 3.8) is 0 Å². The van der Waals surface area contributed by atoms with Crippen molar-refractivity contribution in [2.75, 3.05) is 13.2 Å². The molecule has 0 aliphatic rings. The van der Waals surface area contributed by atoms with Crippen LogP contribution in [-0.2, 0) is 11.3 Å². The topological polar surface area (TPSA) is 45.0 Å². The van der Waals surface area contributed by atoms with Crippen LogP contribution in [-0.4, -0.2) is 19.3 Å². The summed E-state index contributed by atoms with van der Waals surface area (Å²) in [6, 6.07) is 9.86. The van der Waals surface area contributed by atoms with E-state index in [4.69, 9.17) is 10.00 Å². The van der Waals surface area contributed by atoms with E-state index in [1.165, 1.54) is 0 Å². The lowest BCUT2D eigenvalue weighted by atomic mass is 10.1. The first-order valence-electron chi connectivity index (χ1n) is 6.53. The Kier molecular flexibility index (Phi) is 7.09. The summed E-state index contributed by atoms with van der Waals surface area (Å²) in [6.07, 6.45) is 2.53. The average Bonchev–Trinajstić information content (AvgIpc) is 2.37. The molecule has 0 radical (unpaired) electrons. The summed E-state index contributed by atoms with van der Waals surface area (Å²) in [5.41, 5.74) is 1.88. The van der Waals surface area contributed by atoms with E-state index < -0.39 is 0 Å². The minimum absolute atomic E-state index is 0.326. The molecule has 0 saturated heterocycles. The summed E-state index contributed by atoms with van der Waals surface area (Å²) >= 11 is 0. The fourth-order valence-corrected chi connectivity index (χ4v) is 1.65. The minimum atomic E-state index is 0.326. The normalized spacial score (nSPS) is 10.6. The van der Waals surface area contributed by atoms with E-state index in [0.29, 0.717) is 6.10 Å². The summed E-state index contributed by atoms with van der Waals surface area (Å²) in [7, 11) is 0. The number of unbranched alkanes of at least 4 members (excludes halogenated alkanes) is 1. The predicted octanol–water partition coefficient (Wildman–Crippen LogP) is 2.85. The van der Waals surface area contributed by atoms with Gasteiger partial charge in [-0.15, -0.1) is 0 Å². The molecule has 0 saturated carbocycles. The van der Waals surface area contributed by atoms with Crippen LogP contribution in [0.25, 0.3) is 0 Å². The van der Waals surface area contributed by atoms with Crippen LogP contribution in [0, 0.1) is 11.3 Å². The van der Waals surface area contributed by atoms with Gasteiger partial charge in [0.15, 0.2) is 0 Å². The standard InChI is InChI=1S/C15H22N2O/c1-13(2)18-9-4-3-8-17-12-15-7-5-6-14(10-15)11-16/h5-7,10,13,17H,3-4,8-9,12H2,1-2H3. The van der Waals surface area contributed by atoms with Crippen LogP contribution in [0.2, 0.25) is 0 Å². The van der Waals surface area contributed by atoms with E-state index in [9.17, 15) is 0 Å². The monoisotopic (exact) mass is 246 g/mol. The van der Waals surface area contributed by atoms with Gasteiger partial charge in [-0.25, -0.2) is 0 Å².